The van der Waals surface area contributed by atoms with Crippen molar-refractivity contribution in [3.05, 3.63) is 23.3 Å². The van der Waals surface area contributed by atoms with E-state index < -0.39 is 0 Å². The number of phenols is 2. The first kappa shape index (κ1) is 13.1. The van der Waals surface area contributed by atoms with E-state index in [1.165, 1.54) is 0 Å². The number of rotatable bonds is 0. The van der Waals surface area contributed by atoms with Crippen LogP contribution in [0.1, 0.15) is 36.8 Å². The zero-order valence-electron chi connectivity index (χ0n) is 12.3. The summed E-state index contributed by atoms with van der Waals surface area (Å²) in [6.45, 7) is 0.996. The van der Waals surface area contributed by atoms with Crippen LogP contribution in [0.2, 0.25) is 0 Å². The van der Waals surface area contributed by atoms with Gasteiger partial charge in [-0.3, -0.25) is 4.79 Å². The second-order valence-electron chi connectivity index (χ2n) is 6.98. The molecule has 3 unspecified atom stereocenters. The van der Waals surface area contributed by atoms with Gasteiger partial charge in [0.25, 0.3) is 0 Å². The van der Waals surface area contributed by atoms with Gasteiger partial charge in [0.2, 0.25) is 0 Å². The van der Waals surface area contributed by atoms with Crippen molar-refractivity contribution in [3.63, 3.8) is 0 Å². The van der Waals surface area contributed by atoms with Crippen molar-refractivity contribution in [3.8, 4) is 11.5 Å². The van der Waals surface area contributed by atoms with E-state index in [1.54, 1.807) is 6.07 Å². The Morgan fingerprint density at radius 2 is 2.14 bits per heavy atom. The number of benzene rings is 1. The molecule has 0 aromatic heterocycles. The summed E-state index contributed by atoms with van der Waals surface area (Å²) in [6, 6.07) is 3.89. The number of piperidine rings is 1. The van der Waals surface area contributed by atoms with Crippen LogP contribution in [0.5, 0.6) is 11.5 Å². The lowest BCUT2D eigenvalue weighted by atomic mass is 9.52. The zero-order valence-corrected chi connectivity index (χ0v) is 12.3. The Morgan fingerprint density at radius 3 is 2.95 bits per heavy atom. The maximum atomic E-state index is 12.1. The normalized spacial score (nSPS) is 35.2. The van der Waals surface area contributed by atoms with Gasteiger partial charge < -0.3 is 15.1 Å². The SMILES string of the molecule is CN1CCC23CC(=O)CCC2C1Cc1c3ccc(O)c1O. The van der Waals surface area contributed by atoms with Gasteiger partial charge in [0.15, 0.2) is 11.5 Å². The minimum absolute atomic E-state index is 0.0173. The fourth-order valence-corrected chi connectivity index (χ4v) is 5.08. The highest BCUT2D eigenvalue weighted by molar-refractivity contribution is 5.82. The molecule has 1 saturated heterocycles. The molecule has 0 radical (unpaired) electrons. The summed E-state index contributed by atoms with van der Waals surface area (Å²) in [7, 11) is 2.13. The number of carbonyl (C=O) groups is 1. The van der Waals surface area contributed by atoms with Crippen molar-refractivity contribution < 1.29 is 15.0 Å². The molecule has 2 aliphatic carbocycles. The van der Waals surface area contributed by atoms with Gasteiger partial charge in [-0.2, -0.15) is 0 Å². The number of fused-ring (bicyclic) bond motifs is 1. The number of phenolic OH excluding ortho intramolecular Hbond substituents is 2. The van der Waals surface area contributed by atoms with Crippen LogP contribution in [-0.4, -0.2) is 40.5 Å². The number of Topliss-reactive ketones (excluding diaryl/α,β-unsaturated/α-hetero) is 1. The number of likely N-dealkylation sites (N-methyl/N-ethyl adjacent to an activating group) is 1. The van der Waals surface area contributed by atoms with E-state index >= 15 is 0 Å². The average Bonchev–Trinajstić information content (AvgIpc) is 2.46. The lowest BCUT2D eigenvalue weighted by Gasteiger charge is -2.58. The molecule has 2 bridgehead atoms. The van der Waals surface area contributed by atoms with Gasteiger partial charge in [0, 0.05) is 29.9 Å². The molecule has 4 heteroatoms. The number of ketones is 1. The highest BCUT2D eigenvalue weighted by Crippen LogP contribution is 2.56. The second-order valence-corrected chi connectivity index (χ2v) is 6.98. The first-order valence-electron chi connectivity index (χ1n) is 7.79. The first-order valence-corrected chi connectivity index (χ1v) is 7.79. The summed E-state index contributed by atoms with van der Waals surface area (Å²) < 4.78 is 0. The maximum absolute atomic E-state index is 12.1. The molecule has 1 aliphatic heterocycles. The molecule has 3 atom stereocenters. The summed E-state index contributed by atoms with van der Waals surface area (Å²) >= 11 is 0. The minimum Gasteiger partial charge on any atom is -0.504 e. The lowest BCUT2D eigenvalue weighted by molar-refractivity contribution is -0.126. The summed E-state index contributed by atoms with van der Waals surface area (Å²) in [5.74, 6) is 0.801. The van der Waals surface area contributed by atoms with Gasteiger partial charge >= 0.3 is 0 Å². The van der Waals surface area contributed by atoms with Crippen LogP contribution in [0.25, 0.3) is 0 Å². The van der Waals surface area contributed by atoms with E-state index in [2.05, 4.69) is 11.9 Å². The molecule has 4 nitrogen and oxygen atoms in total. The van der Waals surface area contributed by atoms with Gasteiger partial charge in [-0.05, 0) is 50.4 Å². The fraction of sp³-hybridized carbons (Fsp3) is 0.588. The smallest absolute Gasteiger partial charge is 0.161 e. The topological polar surface area (TPSA) is 60.8 Å². The molecule has 112 valence electrons. The Morgan fingerprint density at radius 1 is 1.33 bits per heavy atom. The van der Waals surface area contributed by atoms with Gasteiger partial charge in [-0.1, -0.05) is 6.07 Å². The summed E-state index contributed by atoms with van der Waals surface area (Å²) in [5.41, 5.74) is 1.85. The van der Waals surface area contributed by atoms with E-state index in [1.807, 2.05) is 6.07 Å². The molecule has 1 saturated carbocycles. The number of likely N-dealkylation sites (tertiary alicyclic amines) is 1. The highest BCUT2D eigenvalue weighted by atomic mass is 16.3. The van der Waals surface area contributed by atoms with Crippen molar-refractivity contribution in [2.75, 3.05) is 13.6 Å². The molecule has 3 aliphatic rings. The second kappa shape index (κ2) is 4.23. The number of hydrogen-bond acceptors (Lipinski definition) is 4. The Labute approximate surface area is 124 Å². The molecule has 1 aromatic carbocycles. The van der Waals surface area contributed by atoms with Crippen LogP contribution >= 0.6 is 0 Å². The molecule has 21 heavy (non-hydrogen) atoms. The average molecular weight is 287 g/mol. The molecule has 1 aromatic rings. The van der Waals surface area contributed by atoms with Crippen LogP contribution < -0.4 is 0 Å². The molecular weight excluding hydrogens is 266 g/mol. The summed E-state index contributed by atoms with van der Waals surface area (Å²) in [5, 5.41) is 20.1. The van der Waals surface area contributed by atoms with Gasteiger partial charge in [0.05, 0.1) is 0 Å². The van der Waals surface area contributed by atoms with Crippen LogP contribution in [-0.2, 0) is 16.6 Å². The molecule has 0 spiro atoms. The monoisotopic (exact) mass is 287 g/mol. The highest BCUT2D eigenvalue weighted by Gasteiger charge is 2.55. The molecule has 0 amide bonds. The Bertz CT molecular complexity index is 627. The Hall–Kier alpha value is -1.55. The van der Waals surface area contributed by atoms with E-state index in [0.29, 0.717) is 30.6 Å². The number of nitrogens with zero attached hydrogens (tertiary/aromatic N) is 1. The minimum atomic E-state index is -0.120. The summed E-state index contributed by atoms with van der Waals surface area (Å²) in [4.78, 5) is 14.5. The van der Waals surface area contributed by atoms with E-state index in [0.717, 1.165) is 36.9 Å². The number of carbonyl (C=O) groups excluding carboxylic acids is 1. The third-order valence-electron chi connectivity index (χ3n) is 6.11. The van der Waals surface area contributed by atoms with Gasteiger partial charge in [-0.25, -0.2) is 0 Å². The number of aromatic hydroxyl groups is 2. The molecule has 2 fully saturated rings. The summed E-state index contributed by atoms with van der Waals surface area (Å²) in [6.07, 6.45) is 3.98. The van der Waals surface area contributed by atoms with Crippen molar-refractivity contribution >= 4 is 5.78 Å². The third-order valence-corrected chi connectivity index (χ3v) is 6.11. The van der Waals surface area contributed by atoms with Crippen molar-refractivity contribution in [2.24, 2.45) is 5.92 Å². The lowest BCUT2D eigenvalue weighted by Crippen LogP contribution is -2.60. The first-order chi connectivity index (χ1) is 10.0. The third kappa shape index (κ3) is 1.62. The fourth-order valence-electron chi connectivity index (χ4n) is 5.08. The Kier molecular flexibility index (Phi) is 2.65. The van der Waals surface area contributed by atoms with Crippen molar-refractivity contribution in [1.29, 1.82) is 0 Å². The molecule has 2 N–H and O–H groups in total. The molecule has 4 rings (SSSR count). The predicted octanol–water partition coefficient (Wildman–Crippen LogP) is 1.97. The van der Waals surface area contributed by atoms with Crippen LogP contribution in [0.3, 0.4) is 0 Å². The largest absolute Gasteiger partial charge is 0.504 e. The quantitative estimate of drug-likeness (QED) is 0.716. The van der Waals surface area contributed by atoms with Crippen LogP contribution in [0.4, 0.5) is 0 Å². The van der Waals surface area contributed by atoms with Crippen molar-refractivity contribution in [2.45, 2.75) is 43.6 Å². The van der Waals surface area contributed by atoms with E-state index in [-0.39, 0.29) is 16.9 Å². The van der Waals surface area contributed by atoms with Crippen molar-refractivity contribution in [1.82, 2.24) is 4.90 Å². The van der Waals surface area contributed by atoms with E-state index in [4.69, 9.17) is 0 Å². The van der Waals surface area contributed by atoms with E-state index in [9.17, 15) is 15.0 Å². The molecular formula is C17H21NO3. The van der Waals surface area contributed by atoms with Gasteiger partial charge in [-0.15, -0.1) is 0 Å². The standard InChI is InChI=1S/C17H21NO3/c1-18-7-6-17-9-10(19)2-3-13(17)14(18)8-11-12(17)4-5-15(20)16(11)21/h4-5,13-14,20-21H,2-3,6-9H2,1H3. The number of hydrogen-bond donors (Lipinski definition) is 2. The molecule has 1 heterocycles. The Balaban J connectivity index is 1.94. The predicted molar refractivity (Wildman–Crippen MR) is 78.5 cm³/mol. The van der Waals surface area contributed by atoms with Gasteiger partial charge in [0.1, 0.15) is 5.78 Å². The van der Waals surface area contributed by atoms with Crippen LogP contribution in [0.15, 0.2) is 12.1 Å². The zero-order chi connectivity index (χ0) is 14.8. The van der Waals surface area contributed by atoms with Crippen LogP contribution in [0, 0.1) is 5.92 Å². The maximum Gasteiger partial charge on any atom is 0.161 e.